The fraction of sp³-hybridized carbons (Fsp3) is 0.316. The van der Waals surface area contributed by atoms with Crippen LogP contribution in [0.15, 0.2) is 42.6 Å². The third-order valence-electron chi connectivity index (χ3n) is 3.91. The number of pyridine rings is 1. The van der Waals surface area contributed by atoms with Gasteiger partial charge in [-0.1, -0.05) is 6.07 Å². The van der Waals surface area contributed by atoms with E-state index in [0.717, 1.165) is 6.42 Å². The molecule has 26 heavy (non-hydrogen) atoms. The molecule has 7 heteroatoms. The topological polar surface area (TPSA) is 89.5 Å². The molecule has 2 aromatic rings. The van der Waals surface area contributed by atoms with Crippen LogP contribution in [0.5, 0.6) is 5.88 Å². The van der Waals surface area contributed by atoms with Crippen molar-refractivity contribution in [2.75, 3.05) is 23.8 Å². The Morgan fingerprint density at radius 2 is 2.15 bits per heavy atom. The summed E-state index contributed by atoms with van der Waals surface area (Å²) in [5.74, 6) is -0.135. The molecule has 1 aromatic heterocycles. The summed E-state index contributed by atoms with van der Waals surface area (Å²) in [6.07, 6.45) is 2.78. The lowest BCUT2D eigenvalue weighted by Gasteiger charge is -2.12. The molecule has 7 nitrogen and oxygen atoms in total. The number of hydrogen-bond acceptors (Lipinski definition) is 5. The van der Waals surface area contributed by atoms with Crippen LogP contribution in [-0.4, -0.2) is 36.1 Å². The number of carbonyl (C=O) groups excluding carboxylic acids is 2. The molecule has 0 radical (unpaired) electrons. The largest absolute Gasteiger partial charge is 0.476 e. The van der Waals surface area contributed by atoms with Gasteiger partial charge in [-0.25, -0.2) is 4.98 Å². The molecule has 1 fully saturated rings. The number of ether oxygens (including phenoxy) is 2. The van der Waals surface area contributed by atoms with Gasteiger partial charge in [-0.2, -0.15) is 0 Å². The fourth-order valence-corrected chi connectivity index (χ4v) is 2.68. The number of aromatic nitrogens is 1. The normalized spacial score (nSPS) is 16.1. The maximum absolute atomic E-state index is 12.5. The monoisotopic (exact) mass is 355 g/mol. The third kappa shape index (κ3) is 4.37. The van der Waals surface area contributed by atoms with Crippen LogP contribution >= 0.6 is 0 Å². The Hall–Kier alpha value is -2.93. The number of rotatable bonds is 6. The number of amides is 2. The standard InChI is InChI=1S/C19H21N3O4/c1-2-25-19-15(8-4-10-20-19)22-17(23)13-6-3-7-14(12-13)21-18(24)16-9-5-11-26-16/h3-4,6-8,10,12,16H,2,5,9,11H2,1H3,(H,21,24)(H,22,23). The first-order valence-corrected chi connectivity index (χ1v) is 8.59. The molecule has 136 valence electrons. The van der Waals surface area contributed by atoms with E-state index >= 15 is 0 Å². The highest BCUT2D eigenvalue weighted by Crippen LogP contribution is 2.22. The molecule has 1 aromatic carbocycles. The summed E-state index contributed by atoms with van der Waals surface area (Å²) in [7, 11) is 0. The second kappa shape index (κ2) is 8.44. The molecule has 0 spiro atoms. The summed E-state index contributed by atoms with van der Waals surface area (Å²) < 4.78 is 10.8. The number of hydrogen-bond donors (Lipinski definition) is 2. The van der Waals surface area contributed by atoms with Crippen molar-refractivity contribution in [1.29, 1.82) is 0 Å². The number of benzene rings is 1. The molecule has 2 N–H and O–H groups in total. The average Bonchev–Trinajstić information content (AvgIpc) is 3.19. The Morgan fingerprint density at radius 3 is 2.92 bits per heavy atom. The molecule has 2 heterocycles. The van der Waals surface area contributed by atoms with Gasteiger partial charge in [0.05, 0.1) is 6.61 Å². The van der Waals surface area contributed by atoms with Gasteiger partial charge in [-0.3, -0.25) is 9.59 Å². The van der Waals surface area contributed by atoms with Gasteiger partial charge in [0.15, 0.2) is 0 Å². The molecule has 3 rings (SSSR count). The third-order valence-corrected chi connectivity index (χ3v) is 3.91. The summed E-state index contributed by atoms with van der Waals surface area (Å²) in [4.78, 5) is 28.8. The first-order chi connectivity index (χ1) is 12.7. The highest BCUT2D eigenvalue weighted by Gasteiger charge is 2.23. The minimum atomic E-state index is -0.420. The summed E-state index contributed by atoms with van der Waals surface area (Å²) >= 11 is 0. The van der Waals surface area contributed by atoms with E-state index in [0.29, 0.717) is 42.5 Å². The minimum absolute atomic E-state index is 0.189. The summed E-state index contributed by atoms with van der Waals surface area (Å²) in [5, 5.41) is 5.58. The lowest BCUT2D eigenvalue weighted by molar-refractivity contribution is -0.124. The Kier molecular flexibility index (Phi) is 5.80. The van der Waals surface area contributed by atoms with E-state index < -0.39 is 6.10 Å². The predicted molar refractivity (Wildman–Crippen MR) is 97.4 cm³/mol. The molecule has 0 bridgehead atoms. The molecule has 1 saturated heterocycles. The maximum Gasteiger partial charge on any atom is 0.255 e. The smallest absolute Gasteiger partial charge is 0.255 e. The van der Waals surface area contributed by atoms with Crippen molar-refractivity contribution in [1.82, 2.24) is 4.98 Å². The van der Waals surface area contributed by atoms with Gasteiger partial charge >= 0.3 is 0 Å². The van der Waals surface area contributed by atoms with Crippen molar-refractivity contribution in [3.8, 4) is 5.88 Å². The lowest BCUT2D eigenvalue weighted by Crippen LogP contribution is -2.27. The fourth-order valence-electron chi connectivity index (χ4n) is 2.68. The SMILES string of the molecule is CCOc1ncccc1NC(=O)c1cccc(NC(=O)C2CCCO2)c1. The van der Waals surface area contributed by atoms with E-state index in [9.17, 15) is 9.59 Å². The number of anilines is 2. The molecule has 1 aliphatic rings. The van der Waals surface area contributed by atoms with Crippen LogP contribution in [0, 0.1) is 0 Å². The van der Waals surface area contributed by atoms with Crippen molar-refractivity contribution in [2.24, 2.45) is 0 Å². The van der Waals surface area contributed by atoms with Crippen LogP contribution in [0.25, 0.3) is 0 Å². The van der Waals surface area contributed by atoms with Gasteiger partial charge < -0.3 is 20.1 Å². The quantitative estimate of drug-likeness (QED) is 0.832. The van der Waals surface area contributed by atoms with E-state index in [1.807, 2.05) is 6.92 Å². The molecule has 1 unspecified atom stereocenters. The first-order valence-electron chi connectivity index (χ1n) is 8.59. The highest BCUT2D eigenvalue weighted by molar-refractivity contribution is 6.06. The van der Waals surface area contributed by atoms with Crippen molar-refractivity contribution >= 4 is 23.2 Å². The van der Waals surface area contributed by atoms with Crippen molar-refractivity contribution in [3.63, 3.8) is 0 Å². The molecule has 0 aliphatic carbocycles. The Morgan fingerprint density at radius 1 is 1.27 bits per heavy atom. The van der Waals surface area contributed by atoms with E-state index in [-0.39, 0.29) is 11.8 Å². The van der Waals surface area contributed by atoms with Crippen LogP contribution in [0.4, 0.5) is 11.4 Å². The van der Waals surface area contributed by atoms with Crippen LogP contribution in [0.1, 0.15) is 30.1 Å². The first kappa shape index (κ1) is 17.9. The number of nitrogens with zero attached hydrogens (tertiary/aromatic N) is 1. The van der Waals surface area contributed by atoms with Gasteiger partial charge in [-0.15, -0.1) is 0 Å². The molecular formula is C19H21N3O4. The maximum atomic E-state index is 12.5. The van der Waals surface area contributed by atoms with E-state index in [1.54, 1.807) is 42.6 Å². The summed E-state index contributed by atoms with van der Waals surface area (Å²) in [6, 6.07) is 10.2. The van der Waals surface area contributed by atoms with Crippen LogP contribution < -0.4 is 15.4 Å². The molecule has 0 saturated carbocycles. The molecule has 1 atom stereocenters. The average molecular weight is 355 g/mol. The summed E-state index contributed by atoms with van der Waals surface area (Å²) in [6.45, 7) is 2.90. The zero-order valence-corrected chi connectivity index (χ0v) is 14.5. The predicted octanol–water partition coefficient (Wildman–Crippen LogP) is 2.85. The second-order valence-corrected chi connectivity index (χ2v) is 5.81. The van der Waals surface area contributed by atoms with E-state index in [1.165, 1.54) is 0 Å². The van der Waals surface area contributed by atoms with E-state index in [2.05, 4.69) is 15.6 Å². The zero-order chi connectivity index (χ0) is 18.4. The van der Waals surface area contributed by atoms with Gasteiger partial charge in [-0.05, 0) is 50.1 Å². The van der Waals surface area contributed by atoms with Crippen molar-refractivity contribution < 1.29 is 19.1 Å². The van der Waals surface area contributed by atoms with Crippen LogP contribution in [0.2, 0.25) is 0 Å². The zero-order valence-electron chi connectivity index (χ0n) is 14.5. The number of carbonyl (C=O) groups is 2. The Balaban J connectivity index is 1.69. The minimum Gasteiger partial charge on any atom is -0.476 e. The van der Waals surface area contributed by atoms with Gasteiger partial charge in [0.25, 0.3) is 11.8 Å². The number of nitrogens with one attached hydrogen (secondary N) is 2. The second-order valence-electron chi connectivity index (χ2n) is 5.81. The van der Waals surface area contributed by atoms with Gasteiger partial charge in [0.2, 0.25) is 5.88 Å². The van der Waals surface area contributed by atoms with Crippen molar-refractivity contribution in [3.05, 3.63) is 48.2 Å². The van der Waals surface area contributed by atoms with E-state index in [4.69, 9.17) is 9.47 Å². The molecule has 1 aliphatic heterocycles. The highest BCUT2D eigenvalue weighted by atomic mass is 16.5. The lowest BCUT2D eigenvalue weighted by atomic mass is 10.1. The van der Waals surface area contributed by atoms with Crippen molar-refractivity contribution in [2.45, 2.75) is 25.9 Å². The molecule has 2 amide bonds. The Bertz CT molecular complexity index is 788. The van der Waals surface area contributed by atoms with Gasteiger partial charge in [0, 0.05) is 24.1 Å². The Labute approximate surface area is 151 Å². The van der Waals surface area contributed by atoms with Crippen LogP contribution in [-0.2, 0) is 9.53 Å². The molecular weight excluding hydrogens is 334 g/mol. The summed E-state index contributed by atoms with van der Waals surface area (Å²) in [5.41, 5.74) is 1.46. The van der Waals surface area contributed by atoms with Gasteiger partial charge in [0.1, 0.15) is 11.8 Å². The van der Waals surface area contributed by atoms with Crippen LogP contribution in [0.3, 0.4) is 0 Å².